The smallest absolute Gasteiger partial charge is 0.410 e. The van der Waals surface area contributed by atoms with Crippen LogP contribution < -0.4 is 0 Å². The summed E-state index contributed by atoms with van der Waals surface area (Å²) in [5.74, 6) is 0. The number of hydrogen-bond acceptors (Lipinski definition) is 4. The van der Waals surface area contributed by atoms with Crippen molar-refractivity contribution in [3.8, 4) is 6.07 Å². The van der Waals surface area contributed by atoms with Gasteiger partial charge in [0.25, 0.3) is 0 Å². The predicted octanol–water partition coefficient (Wildman–Crippen LogP) is 1.45. The summed E-state index contributed by atoms with van der Waals surface area (Å²) in [7, 11) is 1.98. The van der Waals surface area contributed by atoms with Crippen molar-refractivity contribution in [3.05, 3.63) is 0 Å². The molecule has 0 aliphatic carbocycles. The van der Waals surface area contributed by atoms with Crippen LogP contribution in [0.15, 0.2) is 0 Å². The van der Waals surface area contributed by atoms with E-state index in [9.17, 15) is 4.79 Å². The molecule has 1 amide bonds. The molecule has 1 fully saturated rings. The molecule has 0 spiro atoms. The summed E-state index contributed by atoms with van der Waals surface area (Å²) < 4.78 is 5.32. The molecule has 5 heteroatoms. The van der Waals surface area contributed by atoms with Gasteiger partial charge in [0.05, 0.1) is 12.5 Å². The fourth-order valence-corrected chi connectivity index (χ4v) is 1.76. The standard InChI is InChI=1S/C12H21N3O2/c1-12(2,3)17-11(16)15-8-7-14(4)10(9-15)5-6-13/h10H,5,7-9H2,1-4H3/t10-/m1/s1. The highest BCUT2D eigenvalue weighted by molar-refractivity contribution is 5.68. The Balaban J connectivity index is 2.56. The van der Waals surface area contributed by atoms with Gasteiger partial charge in [0.1, 0.15) is 5.60 Å². The number of piperazine rings is 1. The van der Waals surface area contributed by atoms with E-state index in [1.807, 2.05) is 27.8 Å². The first kappa shape index (κ1) is 13.8. The second kappa shape index (κ2) is 5.37. The average molecular weight is 239 g/mol. The van der Waals surface area contributed by atoms with Gasteiger partial charge in [-0.25, -0.2) is 4.79 Å². The minimum Gasteiger partial charge on any atom is -0.444 e. The fraction of sp³-hybridized carbons (Fsp3) is 0.833. The summed E-state index contributed by atoms with van der Waals surface area (Å²) in [5.41, 5.74) is -0.467. The van der Waals surface area contributed by atoms with Crippen LogP contribution in [0.4, 0.5) is 4.79 Å². The number of nitrogens with zero attached hydrogens (tertiary/aromatic N) is 3. The quantitative estimate of drug-likeness (QED) is 0.695. The number of carbonyl (C=O) groups excluding carboxylic acids is 1. The lowest BCUT2D eigenvalue weighted by molar-refractivity contribution is 0.00804. The first-order valence-electron chi connectivity index (χ1n) is 5.88. The molecular weight excluding hydrogens is 218 g/mol. The normalized spacial score (nSPS) is 22.1. The molecule has 1 saturated heterocycles. The SMILES string of the molecule is CN1CCN(C(=O)OC(C)(C)C)C[C@H]1CC#N. The van der Waals surface area contributed by atoms with Gasteiger partial charge in [-0.1, -0.05) is 0 Å². The monoisotopic (exact) mass is 239 g/mol. The van der Waals surface area contributed by atoms with Gasteiger partial charge < -0.3 is 9.64 Å². The van der Waals surface area contributed by atoms with Crippen LogP contribution in [0.5, 0.6) is 0 Å². The number of amides is 1. The number of nitriles is 1. The second-order valence-corrected chi connectivity index (χ2v) is 5.42. The maximum Gasteiger partial charge on any atom is 0.410 e. The molecule has 1 rings (SSSR count). The Kier molecular flexibility index (Phi) is 4.35. The second-order valence-electron chi connectivity index (χ2n) is 5.42. The molecule has 5 nitrogen and oxygen atoms in total. The third-order valence-corrected chi connectivity index (χ3v) is 2.76. The van der Waals surface area contributed by atoms with Crippen LogP contribution in [-0.2, 0) is 4.74 Å². The Hall–Kier alpha value is -1.28. The van der Waals surface area contributed by atoms with Crippen molar-refractivity contribution in [2.24, 2.45) is 0 Å². The van der Waals surface area contributed by atoms with Crippen molar-refractivity contribution < 1.29 is 9.53 Å². The minimum absolute atomic E-state index is 0.112. The number of carbonyl (C=O) groups is 1. The molecule has 0 aromatic heterocycles. The molecule has 1 aliphatic rings. The molecule has 0 radical (unpaired) electrons. The van der Waals surface area contributed by atoms with Crippen molar-refractivity contribution >= 4 is 6.09 Å². The first-order valence-corrected chi connectivity index (χ1v) is 5.88. The fourth-order valence-electron chi connectivity index (χ4n) is 1.76. The number of rotatable bonds is 1. The van der Waals surface area contributed by atoms with E-state index in [2.05, 4.69) is 11.0 Å². The summed E-state index contributed by atoms with van der Waals surface area (Å²) >= 11 is 0. The van der Waals surface area contributed by atoms with Crippen LogP contribution in [0.25, 0.3) is 0 Å². The summed E-state index contributed by atoms with van der Waals surface area (Å²) in [6.45, 7) is 7.58. The molecule has 0 aromatic carbocycles. The van der Waals surface area contributed by atoms with E-state index < -0.39 is 5.60 Å². The first-order chi connectivity index (χ1) is 7.83. The van der Waals surface area contributed by atoms with E-state index >= 15 is 0 Å². The van der Waals surface area contributed by atoms with E-state index in [0.29, 0.717) is 19.5 Å². The van der Waals surface area contributed by atoms with Crippen LogP contribution in [0.1, 0.15) is 27.2 Å². The molecule has 0 saturated carbocycles. The van der Waals surface area contributed by atoms with Crippen molar-refractivity contribution in [3.63, 3.8) is 0 Å². The van der Waals surface area contributed by atoms with Crippen molar-refractivity contribution in [1.82, 2.24) is 9.80 Å². The van der Waals surface area contributed by atoms with Gasteiger partial charge >= 0.3 is 6.09 Å². The lowest BCUT2D eigenvalue weighted by Crippen LogP contribution is -2.53. The number of hydrogen-bond donors (Lipinski definition) is 0. The van der Waals surface area contributed by atoms with E-state index in [1.165, 1.54) is 0 Å². The molecule has 1 heterocycles. The van der Waals surface area contributed by atoms with Crippen LogP contribution >= 0.6 is 0 Å². The van der Waals surface area contributed by atoms with E-state index in [1.54, 1.807) is 4.90 Å². The summed E-state index contributed by atoms with van der Waals surface area (Å²) in [5, 5.41) is 8.74. The van der Waals surface area contributed by atoms with Crippen molar-refractivity contribution in [2.75, 3.05) is 26.7 Å². The van der Waals surface area contributed by atoms with Gasteiger partial charge in [0, 0.05) is 25.7 Å². The zero-order chi connectivity index (χ0) is 13.1. The molecule has 17 heavy (non-hydrogen) atoms. The average Bonchev–Trinajstić information content (AvgIpc) is 2.19. The van der Waals surface area contributed by atoms with Crippen LogP contribution in [0.2, 0.25) is 0 Å². The van der Waals surface area contributed by atoms with Crippen molar-refractivity contribution in [1.29, 1.82) is 5.26 Å². The molecule has 1 atom stereocenters. The zero-order valence-electron chi connectivity index (χ0n) is 11.1. The third-order valence-electron chi connectivity index (χ3n) is 2.76. The minimum atomic E-state index is -0.467. The largest absolute Gasteiger partial charge is 0.444 e. The molecule has 96 valence electrons. The van der Waals surface area contributed by atoms with E-state index in [0.717, 1.165) is 6.54 Å². The van der Waals surface area contributed by atoms with Gasteiger partial charge in [0.2, 0.25) is 0 Å². The Labute approximate surface area is 103 Å². The van der Waals surface area contributed by atoms with E-state index in [-0.39, 0.29) is 12.1 Å². The van der Waals surface area contributed by atoms with Gasteiger partial charge in [-0.05, 0) is 27.8 Å². The number of ether oxygens (including phenoxy) is 1. The summed E-state index contributed by atoms with van der Waals surface area (Å²) in [6.07, 6.45) is 0.157. The molecular formula is C12H21N3O2. The van der Waals surface area contributed by atoms with Crippen LogP contribution in [0, 0.1) is 11.3 Å². The van der Waals surface area contributed by atoms with E-state index in [4.69, 9.17) is 10.00 Å². The van der Waals surface area contributed by atoms with Gasteiger partial charge in [0.15, 0.2) is 0 Å². The lowest BCUT2D eigenvalue weighted by Gasteiger charge is -2.38. The molecule has 0 unspecified atom stereocenters. The van der Waals surface area contributed by atoms with Crippen LogP contribution in [-0.4, -0.2) is 54.2 Å². The number of likely N-dealkylation sites (N-methyl/N-ethyl adjacent to an activating group) is 1. The molecule has 0 aromatic rings. The highest BCUT2D eigenvalue weighted by Gasteiger charge is 2.29. The maximum absolute atomic E-state index is 11.9. The molecule has 1 aliphatic heterocycles. The molecule has 0 bridgehead atoms. The predicted molar refractivity (Wildman–Crippen MR) is 64.5 cm³/mol. The van der Waals surface area contributed by atoms with Gasteiger partial charge in [-0.15, -0.1) is 0 Å². The van der Waals surface area contributed by atoms with Crippen LogP contribution in [0.3, 0.4) is 0 Å². The molecule has 0 N–H and O–H groups in total. The van der Waals surface area contributed by atoms with Gasteiger partial charge in [-0.3, -0.25) is 4.90 Å². The topological polar surface area (TPSA) is 56.6 Å². The lowest BCUT2D eigenvalue weighted by atomic mass is 10.1. The van der Waals surface area contributed by atoms with Crippen molar-refractivity contribution in [2.45, 2.75) is 38.8 Å². The highest BCUT2D eigenvalue weighted by Crippen LogP contribution is 2.15. The third kappa shape index (κ3) is 4.23. The summed E-state index contributed by atoms with van der Waals surface area (Å²) in [4.78, 5) is 15.7. The Morgan fingerprint density at radius 1 is 1.47 bits per heavy atom. The Bertz CT molecular complexity index is 317. The maximum atomic E-state index is 11.9. The Morgan fingerprint density at radius 2 is 2.12 bits per heavy atom. The highest BCUT2D eigenvalue weighted by atomic mass is 16.6. The van der Waals surface area contributed by atoms with Gasteiger partial charge in [-0.2, -0.15) is 5.26 Å². The Morgan fingerprint density at radius 3 is 2.65 bits per heavy atom. The summed E-state index contributed by atoms with van der Waals surface area (Å²) in [6, 6.07) is 2.27. The zero-order valence-corrected chi connectivity index (χ0v) is 11.1.